The van der Waals surface area contributed by atoms with Crippen molar-refractivity contribution in [2.24, 2.45) is 11.1 Å². The van der Waals surface area contributed by atoms with E-state index in [1.165, 1.54) is 6.08 Å². The normalized spacial score (nSPS) is 16.6. The number of hydrogen-bond donors (Lipinski definition) is 0. The van der Waals surface area contributed by atoms with Gasteiger partial charge in [-0.1, -0.05) is 42.7 Å². The number of halogens is 1. The Morgan fingerprint density at radius 2 is 1.91 bits per heavy atom. The summed E-state index contributed by atoms with van der Waals surface area (Å²) in [4.78, 5) is 28.8. The van der Waals surface area contributed by atoms with Crippen molar-refractivity contribution in [2.45, 2.75) is 20.8 Å². The number of benzene rings is 1. The van der Waals surface area contributed by atoms with Gasteiger partial charge in [0.15, 0.2) is 5.78 Å². The molecule has 0 atom stereocenters. The first-order valence-corrected chi connectivity index (χ1v) is 7.26. The van der Waals surface area contributed by atoms with Crippen molar-refractivity contribution in [3.05, 3.63) is 58.1 Å². The third-order valence-corrected chi connectivity index (χ3v) is 3.60. The summed E-state index contributed by atoms with van der Waals surface area (Å²) in [5.74, 6) is -0.604. The molecule has 0 heterocycles. The molecule has 2 rings (SSSR count). The molecule has 0 saturated carbocycles. The minimum atomic E-state index is -0.637. The van der Waals surface area contributed by atoms with Crippen LogP contribution >= 0.6 is 11.6 Å². The highest BCUT2D eigenvalue weighted by atomic mass is 35.5. The lowest BCUT2D eigenvalue weighted by molar-refractivity contribution is -0.111. The zero-order chi connectivity index (χ0) is 16.3. The second-order valence-corrected chi connectivity index (χ2v) is 5.69. The molecule has 1 aromatic rings. The van der Waals surface area contributed by atoms with Gasteiger partial charge >= 0.3 is 5.97 Å². The smallest absolute Gasteiger partial charge is 0.312 e. The van der Waals surface area contributed by atoms with Gasteiger partial charge in [0, 0.05) is 5.57 Å². The first-order valence-electron chi connectivity index (χ1n) is 6.88. The highest BCUT2D eigenvalue weighted by Gasteiger charge is 2.20. The van der Waals surface area contributed by atoms with Gasteiger partial charge in [-0.05, 0) is 42.7 Å². The third-order valence-electron chi connectivity index (χ3n) is 3.27. The average molecular weight is 318 g/mol. The second-order valence-electron chi connectivity index (χ2n) is 5.28. The second kappa shape index (κ2) is 6.71. The van der Waals surface area contributed by atoms with Gasteiger partial charge in [0.2, 0.25) is 0 Å². The van der Waals surface area contributed by atoms with Gasteiger partial charge in [-0.2, -0.15) is 0 Å². The summed E-state index contributed by atoms with van der Waals surface area (Å²) in [6.07, 6.45) is 3.15. The van der Waals surface area contributed by atoms with Crippen molar-refractivity contribution in [3.8, 4) is 0 Å². The van der Waals surface area contributed by atoms with Crippen LogP contribution in [0.4, 0.5) is 0 Å². The Hall–Kier alpha value is -2.20. The van der Waals surface area contributed by atoms with Gasteiger partial charge in [0.25, 0.3) is 0 Å². The van der Waals surface area contributed by atoms with Gasteiger partial charge in [0.1, 0.15) is 5.71 Å². The predicted molar refractivity (Wildman–Crippen MR) is 86.0 cm³/mol. The quantitative estimate of drug-likeness (QED) is 0.481. The fourth-order valence-corrected chi connectivity index (χ4v) is 2.22. The van der Waals surface area contributed by atoms with E-state index >= 15 is 0 Å². The number of allylic oxidation sites excluding steroid dienone is 4. The minimum absolute atomic E-state index is 0.0381. The molecule has 0 bridgehead atoms. The van der Waals surface area contributed by atoms with Gasteiger partial charge in [0.05, 0.1) is 10.6 Å². The number of ketones is 1. The van der Waals surface area contributed by atoms with Crippen LogP contribution < -0.4 is 0 Å². The summed E-state index contributed by atoms with van der Waals surface area (Å²) >= 11 is 5.94. The molecular weight excluding hydrogens is 302 g/mol. The molecule has 0 radical (unpaired) electrons. The first kappa shape index (κ1) is 16.2. The predicted octanol–water partition coefficient (Wildman–Crippen LogP) is 3.96. The van der Waals surface area contributed by atoms with Crippen LogP contribution in [0.3, 0.4) is 0 Å². The van der Waals surface area contributed by atoms with Gasteiger partial charge < -0.3 is 4.84 Å². The fraction of sp³-hybridized carbons (Fsp3) is 0.235. The highest BCUT2D eigenvalue weighted by Crippen LogP contribution is 2.20. The van der Waals surface area contributed by atoms with E-state index in [1.54, 1.807) is 37.3 Å². The molecule has 1 aliphatic rings. The van der Waals surface area contributed by atoms with E-state index in [0.717, 1.165) is 0 Å². The average Bonchev–Trinajstić information content (AvgIpc) is 2.46. The van der Waals surface area contributed by atoms with Crippen LogP contribution in [0.2, 0.25) is 5.02 Å². The summed E-state index contributed by atoms with van der Waals surface area (Å²) < 4.78 is 0. The summed E-state index contributed by atoms with van der Waals surface area (Å²) in [5, 5.41) is 4.16. The molecule has 0 fully saturated rings. The fourth-order valence-electron chi connectivity index (χ4n) is 2.00. The maximum absolute atomic E-state index is 12.0. The lowest BCUT2D eigenvalue weighted by atomic mass is 9.90. The third kappa shape index (κ3) is 3.52. The SMILES string of the molecule is CC1=CC(=O)C(C(C)C)=C/C1=N\OC(=O)c1ccccc1Cl. The van der Waals surface area contributed by atoms with E-state index in [1.807, 2.05) is 13.8 Å². The number of carbonyl (C=O) groups is 2. The van der Waals surface area contributed by atoms with Crippen molar-refractivity contribution in [3.63, 3.8) is 0 Å². The Morgan fingerprint density at radius 1 is 1.23 bits per heavy atom. The van der Waals surface area contributed by atoms with E-state index < -0.39 is 5.97 Å². The van der Waals surface area contributed by atoms with Crippen LogP contribution in [-0.2, 0) is 9.63 Å². The Morgan fingerprint density at radius 3 is 2.55 bits per heavy atom. The number of carbonyl (C=O) groups excluding carboxylic acids is 2. The zero-order valence-corrected chi connectivity index (χ0v) is 13.3. The molecule has 0 amide bonds. The van der Waals surface area contributed by atoms with Crippen LogP contribution in [0.25, 0.3) is 0 Å². The van der Waals surface area contributed by atoms with E-state index in [4.69, 9.17) is 16.4 Å². The topological polar surface area (TPSA) is 55.7 Å². The maximum atomic E-state index is 12.0. The molecule has 22 heavy (non-hydrogen) atoms. The monoisotopic (exact) mass is 317 g/mol. The van der Waals surface area contributed by atoms with E-state index in [0.29, 0.717) is 21.9 Å². The van der Waals surface area contributed by atoms with Crippen LogP contribution in [0.1, 0.15) is 31.1 Å². The highest BCUT2D eigenvalue weighted by molar-refractivity contribution is 6.33. The van der Waals surface area contributed by atoms with Crippen LogP contribution in [0, 0.1) is 5.92 Å². The molecule has 0 aliphatic heterocycles. The minimum Gasteiger partial charge on any atom is -0.312 e. The molecule has 4 nitrogen and oxygen atoms in total. The Kier molecular flexibility index (Phi) is 4.93. The summed E-state index contributed by atoms with van der Waals surface area (Å²) in [7, 11) is 0. The molecule has 0 aromatic heterocycles. The van der Waals surface area contributed by atoms with Crippen molar-refractivity contribution in [1.29, 1.82) is 0 Å². The Bertz CT molecular complexity index is 714. The molecule has 114 valence electrons. The Labute approximate surface area is 134 Å². The van der Waals surface area contributed by atoms with Crippen LogP contribution in [-0.4, -0.2) is 17.5 Å². The van der Waals surface area contributed by atoms with Crippen molar-refractivity contribution in [2.75, 3.05) is 0 Å². The molecule has 0 unspecified atom stereocenters. The van der Waals surface area contributed by atoms with E-state index in [9.17, 15) is 9.59 Å². The lowest BCUT2D eigenvalue weighted by Crippen LogP contribution is -2.16. The van der Waals surface area contributed by atoms with Crippen molar-refractivity contribution >= 4 is 29.1 Å². The van der Waals surface area contributed by atoms with Gasteiger partial charge in [-0.15, -0.1) is 0 Å². The van der Waals surface area contributed by atoms with Crippen LogP contribution in [0.15, 0.2) is 52.7 Å². The molecule has 1 aliphatic carbocycles. The molecule has 0 saturated heterocycles. The summed E-state index contributed by atoms with van der Waals surface area (Å²) in [6, 6.07) is 6.58. The Balaban J connectivity index is 2.22. The largest absolute Gasteiger partial charge is 0.367 e. The number of rotatable bonds is 3. The molecule has 0 spiro atoms. The molecular formula is C17H16ClNO3. The zero-order valence-electron chi connectivity index (χ0n) is 12.6. The lowest BCUT2D eigenvalue weighted by Gasteiger charge is -2.14. The van der Waals surface area contributed by atoms with Crippen molar-refractivity contribution < 1.29 is 14.4 Å². The molecule has 1 aromatic carbocycles. The number of oxime groups is 1. The van der Waals surface area contributed by atoms with Gasteiger partial charge in [-0.25, -0.2) is 4.79 Å². The molecule has 5 heteroatoms. The first-order chi connectivity index (χ1) is 10.4. The summed E-state index contributed by atoms with van der Waals surface area (Å²) in [6.45, 7) is 5.59. The summed E-state index contributed by atoms with van der Waals surface area (Å²) in [5.41, 5.74) is 2.00. The van der Waals surface area contributed by atoms with Gasteiger partial charge in [-0.3, -0.25) is 4.79 Å². The van der Waals surface area contributed by atoms with Crippen LogP contribution in [0.5, 0.6) is 0 Å². The van der Waals surface area contributed by atoms with Crippen molar-refractivity contribution in [1.82, 2.24) is 0 Å². The maximum Gasteiger partial charge on any atom is 0.367 e. The number of hydrogen-bond acceptors (Lipinski definition) is 4. The van der Waals surface area contributed by atoms with E-state index in [-0.39, 0.29) is 17.3 Å². The molecule has 0 N–H and O–H groups in total. The van der Waals surface area contributed by atoms with E-state index in [2.05, 4.69) is 5.16 Å². The number of nitrogens with zero attached hydrogens (tertiary/aromatic N) is 1. The standard InChI is InChI=1S/C17H16ClNO3/c1-10(2)13-9-15(11(3)8-16(13)20)19-22-17(21)12-6-4-5-7-14(12)18/h4-10H,1-3H3/b19-15+.